The zero-order valence-corrected chi connectivity index (χ0v) is 9.76. The molecule has 1 rings (SSSR count). The minimum absolute atomic E-state index is 0.837. The minimum atomic E-state index is 0.837. The van der Waals surface area contributed by atoms with Crippen molar-refractivity contribution >= 4 is 0 Å². The predicted molar refractivity (Wildman–Crippen MR) is 60.3 cm³/mol. The lowest BCUT2D eigenvalue weighted by Gasteiger charge is -2.07. The van der Waals surface area contributed by atoms with E-state index in [-0.39, 0.29) is 0 Å². The molecule has 2 heteroatoms. The largest absolute Gasteiger partial charge is 0.497 e. The van der Waals surface area contributed by atoms with Gasteiger partial charge in [-0.2, -0.15) is 0 Å². The van der Waals surface area contributed by atoms with E-state index in [9.17, 15) is 0 Å². The van der Waals surface area contributed by atoms with E-state index in [0.717, 1.165) is 17.9 Å². The number of aryl methyl sites for hydroxylation is 1. The van der Waals surface area contributed by atoms with Gasteiger partial charge in [-0.15, -0.1) is 0 Å². The summed E-state index contributed by atoms with van der Waals surface area (Å²) in [6, 6.07) is 5.87. The summed E-state index contributed by atoms with van der Waals surface area (Å²) >= 11 is 0. The van der Waals surface area contributed by atoms with E-state index in [1.807, 2.05) is 32.0 Å². The molecular formula is C12H20O2. The third-order valence-electron chi connectivity index (χ3n) is 1.88. The van der Waals surface area contributed by atoms with Crippen molar-refractivity contribution in [3.63, 3.8) is 0 Å². The normalized spacial score (nSPS) is 8.64. The Labute approximate surface area is 86.9 Å². The van der Waals surface area contributed by atoms with Crippen LogP contribution >= 0.6 is 0 Å². The van der Waals surface area contributed by atoms with Crippen LogP contribution in [0.2, 0.25) is 0 Å². The number of hydrogen-bond acceptors (Lipinski definition) is 2. The smallest absolute Gasteiger partial charge is 0.125 e. The third-order valence-corrected chi connectivity index (χ3v) is 1.88. The van der Waals surface area contributed by atoms with E-state index in [4.69, 9.17) is 9.47 Å². The van der Waals surface area contributed by atoms with Crippen molar-refractivity contribution in [2.24, 2.45) is 0 Å². The lowest BCUT2D eigenvalue weighted by atomic mass is 10.1. The summed E-state index contributed by atoms with van der Waals surface area (Å²) in [6.45, 7) is 6.10. The van der Waals surface area contributed by atoms with Crippen molar-refractivity contribution < 1.29 is 9.47 Å². The zero-order chi connectivity index (χ0) is 11.0. The summed E-state index contributed by atoms with van der Waals surface area (Å²) in [5.74, 6) is 1.74. The van der Waals surface area contributed by atoms with Crippen LogP contribution in [0.3, 0.4) is 0 Å². The van der Waals surface area contributed by atoms with E-state index in [2.05, 4.69) is 6.92 Å². The molecule has 0 heterocycles. The van der Waals surface area contributed by atoms with Gasteiger partial charge in [0.1, 0.15) is 11.5 Å². The molecule has 0 unspecified atom stereocenters. The molecule has 1 aromatic rings. The van der Waals surface area contributed by atoms with Crippen LogP contribution in [0.4, 0.5) is 0 Å². The summed E-state index contributed by atoms with van der Waals surface area (Å²) < 4.78 is 10.3. The van der Waals surface area contributed by atoms with Crippen molar-refractivity contribution in [3.8, 4) is 11.5 Å². The molecule has 0 aromatic heterocycles. The predicted octanol–water partition coefficient (Wildman–Crippen LogP) is 3.29. The highest BCUT2D eigenvalue weighted by molar-refractivity contribution is 5.40. The molecule has 0 aliphatic heterocycles. The summed E-state index contributed by atoms with van der Waals surface area (Å²) in [5.41, 5.74) is 1.21. The second kappa shape index (κ2) is 7.25. The Morgan fingerprint density at radius 2 is 1.71 bits per heavy atom. The van der Waals surface area contributed by atoms with Gasteiger partial charge in [0.15, 0.2) is 0 Å². The number of hydrogen-bond donors (Lipinski definition) is 0. The van der Waals surface area contributed by atoms with Gasteiger partial charge in [0.2, 0.25) is 0 Å². The standard InChI is InChI=1S/C10H14O2.C2H6/c1-4-8-5-6-9(11-2)7-10(8)12-3;1-2/h5-7H,4H2,1-3H3;1-2H3. The summed E-state index contributed by atoms with van der Waals surface area (Å²) in [4.78, 5) is 0. The van der Waals surface area contributed by atoms with E-state index in [1.54, 1.807) is 14.2 Å². The van der Waals surface area contributed by atoms with Gasteiger partial charge in [-0.25, -0.2) is 0 Å². The molecule has 0 aliphatic carbocycles. The highest BCUT2D eigenvalue weighted by Gasteiger charge is 2.01. The number of ether oxygens (including phenoxy) is 2. The molecule has 14 heavy (non-hydrogen) atoms. The van der Waals surface area contributed by atoms with E-state index >= 15 is 0 Å². The van der Waals surface area contributed by atoms with E-state index < -0.39 is 0 Å². The van der Waals surface area contributed by atoms with Gasteiger partial charge < -0.3 is 9.47 Å². The first-order chi connectivity index (χ1) is 6.81. The van der Waals surface area contributed by atoms with Crippen molar-refractivity contribution in [1.82, 2.24) is 0 Å². The quantitative estimate of drug-likeness (QED) is 0.738. The van der Waals surface area contributed by atoms with Crippen LogP contribution in [0, 0.1) is 0 Å². The molecule has 0 saturated heterocycles. The van der Waals surface area contributed by atoms with Crippen LogP contribution < -0.4 is 9.47 Å². The number of benzene rings is 1. The Hall–Kier alpha value is -1.18. The molecule has 0 fully saturated rings. The molecular weight excluding hydrogens is 176 g/mol. The summed E-state index contributed by atoms with van der Waals surface area (Å²) in [7, 11) is 3.33. The third kappa shape index (κ3) is 3.29. The fourth-order valence-electron chi connectivity index (χ4n) is 1.14. The van der Waals surface area contributed by atoms with Gasteiger partial charge in [0.25, 0.3) is 0 Å². The Balaban J connectivity index is 0.000000791. The first kappa shape index (κ1) is 12.8. The number of methoxy groups -OCH3 is 2. The van der Waals surface area contributed by atoms with Gasteiger partial charge in [0, 0.05) is 6.07 Å². The maximum absolute atomic E-state index is 5.20. The topological polar surface area (TPSA) is 18.5 Å². The Morgan fingerprint density at radius 1 is 1.07 bits per heavy atom. The molecule has 1 aromatic carbocycles. The fraction of sp³-hybridized carbons (Fsp3) is 0.500. The maximum atomic E-state index is 5.20. The average molecular weight is 196 g/mol. The lowest BCUT2D eigenvalue weighted by molar-refractivity contribution is 0.391. The van der Waals surface area contributed by atoms with Crippen LogP contribution in [-0.2, 0) is 6.42 Å². The first-order valence-corrected chi connectivity index (χ1v) is 5.02. The van der Waals surface area contributed by atoms with Crippen molar-refractivity contribution in [2.75, 3.05) is 14.2 Å². The van der Waals surface area contributed by atoms with E-state index in [1.165, 1.54) is 5.56 Å². The monoisotopic (exact) mass is 196 g/mol. The molecule has 0 saturated carbocycles. The van der Waals surface area contributed by atoms with Crippen LogP contribution in [0.5, 0.6) is 11.5 Å². The van der Waals surface area contributed by atoms with Gasteiger partial charge in [-0.3, -0.25) is 0 Å². The Kier molecular flexibility index (Phi) is 6.63. The van der Waals surface area contributed by atoms with E-state index in [0.29, 0.717) is 0 Å². The molecule has 0 atom stereocenters. The van der Waals surface area contributed by atoms with Gasteiger partial charge >= 0.3 is 0 Å². The lowest BCUT2D eigenvalue weighted by Crippen LogP contribution is -1.91. The molecule has 0 bridgehead atoms. The summed E-state index contributed by atoms with van der Waals surface area (Å²) in [5, 5.41) is 0. The number of rotatable bonds is 3. The summed E-state index contributed by atoms with van der Waals surface area (Å²) in [6.07, 6.45) is 0.979. The Bertz CT molecular complexity index is 256. The maximum Gasteiger partial charge on any atom is 0.125 e. The van der Waals surface area contributed by atoms with Crippen molar-refractivity contribution in [2.45, 2.75) is 27.2 Å². The molecule has 0 radical (unpaired) electrons. The SMILES string of the molecule is CC.CCc1ccc(OC)cc1OC. The van der Waals surface area contributed by atoms with Crippen LogP contribution in [-0.4, -0.2) is 14.2 Å². The average Bonchev–Trinajstić information content (AvgIpc) is 2.30. The minimum Gasteiger partial charge on any atom is -0.497 e. The molecule has 0 amide bonds. The zero-order valence-electron chi connectivity index (χ0n) is 9.76. The highest BCUT2D eigenvalue weighted by atomic mass is 16.5. The van der Waals surface area contributed by atoms with Crippen LogP contribution in [0.25, 0.3) is 0 Å². The second-order valence-electron chi connectivity index (χ2n) is 2.53. The molecule has 0 N–H and O–H groups in total. The molecule has 2 nitrogen and oxygen atoms in total. The van der Waals surface area contributed by atoms with Gasteiger partial charge in [-0.1, -0.05) is 26.8 Å². The molecule has 0 spiro atoms. The highest BCUT2D eigenvalue weighted by Crippen LogP contribution is 2.24. The Morgan fingerprint density at radius 3 is 2.14 bits per heavy atom. The van der Waals surface area contributed by atoms with Gasteiger partial charge in [0.05, 0.1) is 14.2 Å². The van der Waals surface area contributed by atoms with Crippen LogP contribution in [0.15, 0.2) is 18.2 Å². The second-order valence-corrected chi connectivity index (χ2v) is 2.53. The van der Waals surface area contributed by atoms with Crippen LogP contribution in [0.1, 0.15) is 26.3 Å². The fourth-order valence-corrected chi connectivity index (χ4v) is 1.14. The molecule has 0 aliphatic rings. The van der Waals surface area contributed by atoms with Crippen molar-refractivity contribution in [3.05, 3.63) is 23.8 Å². The first-order valence-electron chi connectivity index (χ1n) is 5.02. The van der Waals surface area contributed by atoms with Gasteiger partial charge in [-0.05, 0) is 18.1 Å². The molecule has 80 valence electrons. The van der Waals surface area contributed by atoms with Crippen molar-refractivity contribution in [1.29, 1.82) is 0 Å².